The second kappa shape index (κ2) is 5.21. The smallest absolute Gasteiger partial charge is 0.144 e. The van der Waals surface area contributed by atoms with Crippen molar-refractivity contribution in [1.29, 1.82) is 0 Å². The molecule has 1 aromatic carbocycles. The van der Waals surface area contributed by atoms with Crippen molar-refractivity contribution >= 4 is 17.2 Å². The molecular formula is C12H17NOS. The Morgan fingerprint density at radius 1 is 1.47 bits per heavy atom. The number of rotatable bonds is 3. The maximum atomic E-state index is 11.8. The zero-order valence-electron chi connectivity index (χ0n) is 12.2. The van der Waals surface area contributed by atoms with Gasteiger partial charge in [0, 0.05) is 15.3 Å². The second-order valence-corrected chi connectivity index (χ2v) is 5.96. The van der Waals surface area contributed by atoms with Gasteiger partial charge in [0.1, 0.15) is 11.0 Å². The van der Waals surface area contributed by atoms with Crippen molar-refractivity contribution in [3.63, 3.8) is 0 Å². The van der Waals surface area contributed by atoms with Crippen LogP contribution in [0.25, 0.3) is 0 Å². The van der Waals surface area contributed by atoms with E-state index < -0.39 is 28.3 Å². The largest absolute Gasteiger partial charge is 0.234 e. The molecule has 82 valence electrons. The van der Waals surface area contributed by atoms with Gasteiger partial charge in [-0.15, -0.1) is 0 Å². The maximum absolute atomic E-state index is 11.8. The van der Waals surface area contributed by atoms with E-state index in [9.17, 15) is 4.21 Å². The van der Waals surface area contributed by atoms with E-state index in [-0.39, 0.29) is 0 Å². The first kappa shape index (κ1) is 8.22. The third-order valence-corrected chi connectivity index (χ3v) is 2.93. The molecule has 0 bridgehead atoms. The van der Waals surface area contributed by atoms with Gasteiger partial charge in [0.05, 0.1) is 6.12 Å². The van der Waals surface area contributed by atoms with Crippen LogP contribution in [-0.2, 0) is 17.4 Å². The molecule has 3 heteroatoms. The van der Waals surface area contributed by atoms with E-state index in [0.29, 0.717) is 5.56 Å². The van der Waals surface area contributed by atoms with E-state index in [4.69, 9.17) is 4.11 Å². The standard InChI is InChI=1S/C12H17NOS/c1-12(2,3)15(14)13-10-9-11-7-5-4-6-8-11/h4-8,10H,9H2,1-3H3/i9D2,10D. The maximum Gasteiger partial charge on any atom is 0.144 e. The fourth-order valence-corrected chi connectivity index (χ4v) is 1.19. The minimum Gasteiger partial charge on any atom is -0.234 e. The van der Waals surface area contributed by atoms with Gasteiger partial charge in [-0.05, 0) is 26.3 Å². The van der Waals surface area contributed by atoms with Gasteiger partial charge in [0.2, 0.25) is 0 Å². The molecule has 1 rings (SSSR count). The van der Waals surface area contributed by atoms with Gasteiger partial charge >= 0.3 is 0 Å². The topological polar surface area (TPSA) is 29.4 Å². The molecular weight excluding hydrogens is 206 g/mol. The van der Waals surface area contributed by atoms with Crippen LogP contribution in [-0.4, -0.2) is 15.1 Å². The van der Waals surface area contributed by atoms with Crippen LogP contribution in [0.2, 0.25) is 0 Å². The molecule has 15 heavy (non-hydrogen) atoms. The highest BCUT2D eigenvalue weighted by Gasteiger charge is 2.17. The Morgan fingerprint density at radius 3 is 2.60 bits per heavy atom. The highest BCUT2D eigenvalue weighted by atomic mass is 32.2. The van der Waals surface area contributed by atoms with Crippen LogP contribution in [0.3, 0.4) is 0 Å². The molecule has 0 radical (unpaired) electrons. The minimum atomic E-state index is -2.03. The minimum absolute atomic E-state index is 0.338. The van der Waals surface area contributed by atoms with Crippen molar-refractivity contribution < 1.29 is 8.32 Å². The van der Waals surface area contributed by atoms with E-state index >= 15 is 0 Å². The molecule has 0 saturated heterocycles. The van der Waals surface area contributed by atoms with Crippen LogP contribution in [0.1, 0.15) is 30.4 Å². The molecule has 0 heterocycles. The Bertz CT molecular complexity index is 466. The normalized spacial score (nSPS) is 18.9. The van der Waals surface area contributed by atoms with Crippen LogP contribution < -0.4 is 0 Å². The Morgan fingerprint density at radius 2 is 2.07 bits per heavy atom. The molecule has 0 spiro atoms. The number of benzene rings is 1. The first-order chi connectivity index (χ1) is 8.15. The lowest BCUT2D eigenvalue weighted by Crippen LogP contribution is -2.19. The molecule has 1 unspecified atom stereocenters. The summed E-state index contributed by atoms with van der Waals surface area (Å²) in [5, 5.41) is 0. The number of nitrogens with zero attached hydrogens (tertiary/aromatic N) is 1. The molecule has 0 aliphatic heterocycles. The van der Waals surface area contributed by atoms with Crippen LogP contribution in [0.4, 0.5) is 0 Å². The lowest BCUT2D eigenvalue weighted by molar-refractivity contribution is 0.651. The van der Waals surface area contributed by atoms with E-state index in [2.05, 4.69) is 4.40 Å². The molecule has 0 amide bonds. The Kier molecular flexibility index (Phi) is 2.86. The monoisotopic (exact) mass is 226 g/mol. The van der Waals surface area contributed by atoms with Crippen molar-refractivity contribution in [3.05, 3.63) is 35.9 Å². The van der Waals surface area contributed by atoms with Gasteiger partial charge in [0.25, 0.3) is 0 Å². The van der Waals surface area contributed by atoms with Crippen molar-refractivity contribution in [2.75, 3.05) is 0 Å². The number of hydrogen-bond donors (Lipinski definition) is 0. The number of hydrogen-bond acceptors (Lipinski definition) is 1. The molecule has 0 aromatic heterocycles. The summed E-state index contributed by atoms with van der Waals surface area (Å²) in [6.45, 7) is 5.20. The van der Waals surface area contributed by atoms with Crippen LogP contribution >= 0.6 is 0 Å². The fraction of sp³-hybridized carbons (Fsp3) is 0.417. The van der Waals surface area contributed by atoms with Crippen LogP contribution in [0.5, 0.6) is 0 Å². The quantitative estimate of drug-likeness (QED) is 0.729. The van der Waals surface area contributed by atoms with E-state index in [0.717, 1.165) is 0 Å². The van der Waals surface area contributed by atoms with E-state index in [1.165, 1.54) is 0 Å². The summed E-state index contributed by atoms with van der Waals surface area (Å²) in [5.74, 6) is 0. The summed E-state index contributed by atoms with van der Waals surface area (Å²) < 4.78 is 38.3. The van der Waals surface area contributed by atoms with Crippen LogP contribution in [0.15, 0.2) is 34.7 Å². The fourth-order valence-electron chi connectivity index (χ4n) is 0.787. The lowest BCUT2D eigenvalue weighted by atomic mass is 10.2. The zero-order chi connectivity index (χ0) is 14.0. The highest BCUT2D eigenvalue weighted by molar-refractivity contribution is 7.85. The summed E-state index contributed by atoms with van der Waals surface area (Å²) in [4.78, 5) is 0. The Balaban J connectivity index is 3.07. The molecule has 2 nitrogen and oxygen atoms in total. The summed E-state index contributed by atoms with van der Waals surface area (Å²) >= 11 is 0. The predicted molar refractivity (Wildman–Crippen MR) is 66.5 cm³/mol. The van der Waals surface area contributed by atoms with Gasteiger partial charge in [0.15, 0.2) is 0 Å². The molecule has 0 aliphatic rings. The van der Waals surface area contributed by atoms with Gasteiger partial charge in [-0.3, -0.25) is 0 Å². The van der Waals surface area contributed by atoms with Gasteiger partial charge in [-0.25, -0.2) is 4.21 Å². The second-order valence-electron chi connectivity index (χ2n) is 4.06. The molecule has 1 aromatic rings. The van der Waals surface area contributed by atoms with E-state index in [1.807, 2.05) is 0 Å². The van der Waals surface area contributed by atoms with Crippen molar-refractivity contribution in [2.45, 2.75) is 31.9 Å². The zero-order valence-corrected chi connectivity index (χ0v) is 9.97. The highest BCUT2D eigenvalue weighted by Crippen LogP contribution is 2.11. The SMILES string of the molecule is [2H]C(=NS(=O)C(C)(C)C)C([2H])([2H])c1ccccc1. The molecule has 1 atom stereocenters. The summed E-state index contributed by atoms with van der Waals surface area (Å²) in [7, 11) is -1.63. The first-order valence-corrected chi connectivity index (χ1v) is 5.79. The predicted octanol–water partition coefficient (Wildman–Crippen LogP) is 2.76. The van der Waals surface area contributed by atoms with Crippen molar-refractivity contribution in [3.8, 4) is 0 Å². The van der Waals surface area contributed by atoms with Crippen LogP contribution in [0, 0.1) is 0 Å². The van der Waals surface area contributed by atoms with Crippen molar-refractivity contribution in [1.82, 2.24) is 0 Å². The third kappa shape index (κ3) is 4.38. The summed E-state index contributed by atoms with van der Waals surface area (Å²) in [6.07, 6.45) is -2.54. The van der Waals surface area contributed by atoms with Gasteiger partial charge in [-0.1, -0.05) is 30.3 Å². The summed E-state index contributed by atoms with van der Waals surface area (Å²) in [5.41, 5.74) is 0.338. The Labute approximate surface area is 98.2 Å². The third-order valence-electron chi connectivity index (χ3n) is 1.63. The van der Waals surface area contributed by atoms with Gasteiger partial charge < -0.3 is 0 Å². The molecule has 0 aliphatic carbocycles. The van der Waals surface area contributed by atoms with E-state index in [1.54, 1.807) is 51.1 Å². The molecule has 0 fully saturated rings. The Hall–Kier alpha value is -0.960. The van der Waals surface area contributed by atoms with Crippen molar-refractivity contribution in [2.24, 2.45) is 4.40 Å². The average molecular weight is 226 g/mol. The van der Waals surface area contributed by atoms with Gasteiger partial charge in [-0.2, -0.15) is 4.40 Å². The average Bonchev–Trinajstić information content (AvgIpc) is 2.28. The summed E-state index contributed by atoms with van der Waals surface area (Å²) in [6, 6.07) is 8.34. The first-order valence-electron chi connectivity index (χ1n) is 6.19. The molecule has 0 saturated carbocycles. The molecule has 0 N–H and O–H groups in total. The lowest BCUT2D eigenvalue weighted by Gasteiger charge is -2.12.